The molecule has 1 amide bonds. The smallest absolute Gasteiger partial charge is 0.416 e. The maximum Gasteiger partial charge on any atom is 0.416 e. The van der Waals surface area contributed by atoms with Crippen LogP contribution in [0.5, 0.6) is 0 Å². The minimum Gasteiger partial charge on any atom is -0.467 e. The molecule has 10 heteroatoms. The van der Waals surface area contributed by atoms with E-state index in [-0.39, 0.29) is 24.6 Å². The molecule has 3 rings (SSSR count). The standard InChI is InChI=1S/C21H18F3N3O4/c22-21(23,24)15-8-9-16(17(13-15)27(29)30)25-11-10-19(28)26-20(18-7-4-12-31-18)14-5-2-1-3-6-14/h1-9,12-13,20,25H,10-11H2,(H,26,28). The molecule has 31 heavy (non-hydrogen) atoms. The monoisotopic (exact) mass is 433 g/mol. The first-order valence-corrected chi connectivity index (χ1v) is 9.23. The summed E-state index contributed by atoms with van der Waals surface area (Å²) in [5, 5.41) is 16.6. The lowest BCUT2D eigenvalue weighted by Crippen LogP contribution is -2.30. The number of nitro groups is 1. The highest BCUT2D eigenvalue weighted by atomic mass is 19.4. The van der Waals surface area contributed by atoms with Crippen molar-refractivity contribution in [1.82, 2.24) is 5.32 Å². The van der Waals surface area contributed by atoms with Crippen LogP contribution < -0.4 is 10.6 Å². The molecule has 162 valence electrons. The summed E-state index contributed by atoms with van der Waals surface area (Å²) in [6.07, 6.45) is -3.27. The van der Waals surface area contributed by atoms with Crippen LogP contribution in [0.15, 0.2) is 71.3 Å². The number of nitrogens with zero attached hydrogens (tertiary/aromatic N) is 1. The number of amides is 1. The molecule has 1 heterocycles. The van der Waals surface area contributed by atoms with E-state index < -0.39 is 28.4 Å². The largest absolute Gasteiger partial charge is 0.467 e. The lowest BCUT2D eigenvalue weighted by molar-refractivity contribution is -0.384. The Morgan fingerprint density at radius 2 is 1.84 bits per heavy atom. The number of rotatable bonds is 8. The number of hydrogen-bond donors (Lipinski definition) is 2. The summed E-state index contributed by atoms with van der Waals surface area (Å²) in [4.78, 5) is 22.7. The molecule has 7 nitrogen and oxygen atoms in total. The predicted molar refractivity (Wildman–Crippen MR) is 106 cm³/mol. The maximum absolute atomic E-state index is 12.8. The fourth-order valence-electron chi connectivity index (χ4n) is 2.97. The average Bonchev–Trinajstić information content (AvgIpc) is 3.26. The fraction of sp³-hybridized carbons (Fsp3) is 0.190. The molecule has 2 aromatic carbocycles. The van der Waals surface area contributed by atoms with Crippen molar-refractivity contribution in [1.29, 1.82) is 0 Å². The van der Waals surface area contributed by atoms with Crippen LogP contribution in [0.2, 0.25) is 0 Å². The molecule has 0 aliphatic rings. The number of alkyl halides is 3. The van der Waals surface area contributed by atoms with Gasteiger partial charge in [-0.1, -0.05) is 30.3 Å². The molecule has 1 unspecified atom stereocenters. The van der Waals surface area contributed by atoms with Gasteiger partial charge < -0.3 is 15.1 Å². The third kappa shape index (κ3) is 5.62. The summed E-state index contributed by atoms with van der Waals surface area (Å²) in [7, 11) is 0. The molecule has 0 spiro atoms. The second kappa shape index (κ2) is 9.33. The van der Waals surface area contributed by atoms with E-state index in [2.05, 4.69) is 10.6 Å². The molecule has 0 radical (unpaired) electrons. The number of halogens is 3. The van der Waals surface area contributed by atoms with Crippen molar-refractivity contribution in [3.63, 3.8) is 0 Å². The molecule has 0 aliphatic heterocycles. The summed E-state index contributed by atoms with van der Waals surface area (Å²) in [5.41, 5.74) is -1.13. The summed E-state index contributed by atoms with van der Waals surface area (Å²) < 4.78 is 43.8. The number of furan rings is 1. The molecule has 0 saturated carbocycles. The quantitative estimate of drug-likeness (QED) is 0.388. The van der Waals surface area contributed by atoms with Crippen molar-refractivity contribution in [2.45, 2.75) is 18.6 Å². The van der Waals surface area contributed by atoms with Crippen LogP contribution >= 0.6 is 0 Å². The van der Waals surface area contributed by atoms with Crippen LogP contribution in [0.25, 0.3) is 0 Å². The zero-order valence-electron chi connectivity index (χ0n) is 16.1. The molecular formula is C21H18F3N3O4. The molecule has 1 aromatic heterocycles. The van der Waals surface area contributed by atoms with Crippen LogP contribution in [0.1, 0.15) is 29.3 Å². The number of nitro benzene ring substituents is 1. The average molecular weight is 433 g/mol. The van der Waals surface area contributed by atoms with E-state index in [1.165, 1.54) is 6.26 Å². The van der Waals surface area contributed by atoms with E-state index in [0.29, 0.717) is 11.8 Å². The van der Waals surface area contributed by atoms with Gasteiger partial charge in [-0.15, -0.1) is 0 Å². The second-order valence-electron chi connectivity index (χ2n) is 6.59. The van der Waals surface area contributed by atoms with Gasteiger partial charge in [0.15, 0.2) is 0 Å². The van der Waals surface area contributed by atoms with Crippen LogP contribution in [-0.2, 0) is 11.0 Å². The van der Waals surface area contributed by atoms with Crippen molar-refractivity contribution in [3.8, 4) is 0 Å². The van der Waals surface area contributed by atoms with Gasteiger partial charge >= 0.3 is 6.18 Å². The van der Waals surface area contributed by atoms with Crippen molar-refractivity contribution < 1.29 is 27.3 Å². The van der Waals surface area contributed by atoms with Gasteiger partial charge in [-0.05, 0) is 29.8 Å². The van der Waals surface area contributed by atoms with Crippen molar-refractivity contribution in [3.05, 3.63) is 93.9 Å². The Bertz CT molecular complexity index is 1040. The summed E-state index contributed by atoms with van der Waals surface area (Å²) >= 11 is 0. The highest BCUT2D eigenvalue weighted by Crippen LogP contribution is 2.35. The second-order valence-corrected chi connectivity index (χ2v) is 6.59. The molecule has 0 bridgehead atoms. The SMILES string of the molecule is O=C(CCNc1ccc(C(F)(F)F)cc1[N+](=O)[O-])NC(c1ccccc1)c1ccco1. The van der Waals surface area contributed by atoms with Crippen molar-refractivity contribution in [2.75, 3.05) is 11.9 Å². The number of carbonyl (C=O) groups excluding carboxylic acids is 1. The molecule has 1 atom stereocenters. The van der Waals surface area contributed by atoms with E-state index >= 15 is 0 Å². The van der Waals surface area contributed by atoms with E-state index in [1.54, 1.807) is 12.1 Å². The van der Waals surface area contributed by atoms with Gasteiger partial charge in [0.25, 0.3) is 5.69 Å². The third-order valence-electron chi connectivity index (χ3n) is 4.46. The molecule has 0 fully saturated rings. The zero-order chi connectivity index (χ0) is 22.4. The van der Waals surface area contributed by atoms with Gasteiger partial charge in [0, 0.05) is 19.0 Å². The van der Waals surface area contributed by atoms with Gasteiger partial charge in [0.1, 0.15) is 17.5 Å². The molecule has 0 aliphatic carbocycles. The summed E-state index contributed by atoms with van der Waals surface area (Å²) in [5.74, 6) is 0.165. The van der Waals surface area contributed by atoms with Gasteiger partial charge in [0.05, 0.1) is 16.7 Å². The predicted octanol–water partition coefficient (Wildman–Crippen LogP) is 4.91. The summed E-state index contributed by atoms with van der Waals surface area (Å²) in [6, 6.07) is 14.2. The highest BCUT2D eigenvalue weighted by Gasteiger charge is 2.33. The zero-order valence-corrected chi connectivity index (χ0v) is 16.1. The van der Waals surface area contributed by atoms with Gasteiger partial charge in [-0.2, -0.15) is 13.2 Å². The minimum atomic E-state index is -4.69. The van der Waals surface area contributed by atoms with E-state index in [9.17, 15) is 28.1 Å². The number of hydrogen-bond acceptors (Lipinski definition) is 5. The van der Waals surface area contributed by atoms with Crippen LogP contribution in [-0.4, -0.2) is 17.4 Å². The first-order valence-electron chi connectivity index (χ1n) is 9.23. The van der Waals surface area contributed by atoms with E-state index in [1.807, 2.05) is 30.3 Å². The normalized spacial score (nSPS) is 12.2. The minimum absolute atomic E-state index is 0.0162. The maximum atomic E-state index is 12.8. The highest BCUT2D eigenvalue weighted by molar-refractivity contribution is 5.77. The Kier molecular flexibility index (Phi) is 6.58. The first kappa shape index (κ1) is 21.9. The number of benzene rings is 2. The molecular weight excluding hydrogens is 415 g/mol. The fourth-order valence-corrected chi connectivity index (χ4v) is 2.97. The third-order valence-corrected chi connectivity index (χ3v) is 4.46. The summed E-state index contributed by atoms with van der Waals surface area (Å²) in [6.45, 7) is -0.0162. The van der Waals surface area contributed by atoms with E-state index in [4.69, 9.17) is 4.42 Å². The van der Waals surface area contributed by atoms with Crippen LogP contribution in [0.3, 0.4) is 0 Å². The Hall–Kier alpha value is -3.82. The van der Waals surface area contributed by atoms with Gasteiger partial charge in [-0.3, -0.25) is 14.9 Å². The van der Waals surface area contributed by atoms with Gasteiger partial charge in [0.2, 0.25) is 5.91 Å². The van der Waals surface area contributed by atoms with Crippen LogP contribution in [0, 0.1) is 10.1 Å². The van der Waals surface area contributed by atoms with E-state index in [0.717, 1.165) is 17.7 Å². The molecule has 2 N–H and O–H groups in total. The first-order chi connectivity index (χ1) is 14.8. The number of anilines is 1. The topological polar surface area (TPSA) is 97.4 Å². The van der Waals surface area contributed by atoms with Crippen LogP contribution in [0.4, 0.5) is 24.5 Å². The number of nitrogens with one attached hydrogen (secondary N) is 2. The Labute approximate surface area is 175 Å². The molecule has 3 aromatic rings. The molecule has 0 saturated heterocycles. The Morgan fingerprint density at radius 3 is 2.45 bits per heavy atom. The van der Waals surface area contributed by atoms with Crippen molar-refractivity contribution in [2.24, 2.45) is 0 Å². The van der Waals surface area contributed by atoms with Crippen molar-refractivity contribution >= 4 is 17.3 Å². The number of carbonyl (C=O) groups is 1. The van der Waals surface area contributed by atoms with Gasteiger partial charge in [-0.25, -0.2) is 0 Å². The lowest BCUT2D eigenvalue weighted by atomic mass is 10.0. The Morgan fingerprint density at radius 1 is 1.10 bits per heavy atom. The Balaban J connectivity index is 1.65. The lowest BCUT2D eigenvalue weighted by Gasteiger charge is -2.17.